The molecule has 5 nitrogen and oxygen atoms in total. The SMILES string of the molecule is CCOc1ccc(NC(=O)c2c[nH]c3c2C(=O)CC(C)C3)cc1. The molecule has 120 valence electrons. The van der Waals surface area contributed by atoms with E-state index in [0.29, 0.717) is 35.8 Å². The van der Waals surface area contributed by atoms with Gasteiger partial charge in [-0.15, -0.1) is 0 Å². The second kappa shape index (κ2) is 6.28. The summed E-state index contributed by atoms with van der Waals surface area (Å²) in [4.78, 5) is 27.8. The lowest BCUT2D eigenvalue weighted by Gasteiger charge is -2.17. The van der Waals surface area contributed by atoms with Crippen LogP contribution in [0, 0.1) is 5.92 Å². The molecule has 3 rings (SSSR count). The molecule has 0 radical (unpaired) electrons. The average Bonchev–Trinajstić information content (AvgIpc) is 2.93. The number of benzene rings is 1. The van der Waals surface area contributed by atoms with Crippen molar-refractivity contribution in [3.05, 3.63) is 47.3 Å². The predicted octanol–water partition coefficient (Wildman–Crippen LogP) is 3.43. The minimum Gasteiger partial charge on any atom is -0.494 e. The van der Waals surface area contributed by atoms with E-state index < -0.39 is 0 Å². The molecule has 0 bridgehead atoms. The molecule has 5 heteroatoms. The number of fused-ring (bicyclic) bond motifs is 1. The minimum atomic E-state index is -0.269. The quantitative estimate of drug-likeness (QED) is 0.908. The summed E-state index contributed by atoms with van der Waals surface area (Å²) in [6, 6.07) is 7.18. The lowest BCUT2D eigenvalue weighted by Crippen LogP contribution is -2.21. The number of ether oxygens (including phenoxy) is 1. The zero-order chi connectivity index (χ0) is 16.4. The summed E-state index contributed by atoms with van der Waals surface area (Å²) >= 11 is 0. The summed E-state index contributed by atoms with van der Waals surface area (Å²) in [7, 11) is 0. The molecule has 1 amide bonds. The molecule has 1 aliphatic rings. The van der Waals surface area contributed by atoms with Crippen LogP contribution in [0.2, 0.25) is 0 Å². The molecule has 2 aromatic rings. The van der Waals surface area contributed by atoms with E-state index in [0.717, 1.165) is 17.9 Å². The molecule has 1 aliphatic carbocycles. The highest BCUT2D eigenvalue weighted by molar-refractivity contribution is 6.13. The molecule has 1 heterocycles. The number of anilines is 1. The van der Waals surface area contributed by atoms with E-state index in [1.165, 1.54) is 0 Å². The number of amides is 1. The summed E-state index contributed by atoms with van der Waals surface area (Å²) in [6.45, 7) is 4.56. The first-order valence-corrected chi connectivity index (χ1v) is 7.86. The maximum absolute atomic E-state index is 12.5. The van der Waals surface area contributed by atoms with E-state index in [-0.39, 0.29) is 11.7 Å². The van der Waals surface area contributed by atoms with Gasteiger partial charge in [0.2, 0.25) is 0 Å². The standard InChI is InChI=1S/C18H20N2O3/c1-3-23-13-6-4-12(5-7-13)20-18(22)14-10-19-15-8-11(2)9-16(21)17(14)15/h4-7,10-11,19H,3,8-9H2,1-2H3,(H,20,22). The molecule has 0 saturated carbocycles. The maximum Gasteiger partial charge on any atom is 0.257 e. The van der Waals surface area contributed by atoms with Gasteiger partial charge in [0, 0.05) is 24.0 Å². The van der Waals surface area contributed by atoms with E-state index in [9.17, 15) is 9.59 Å². The molecule has 0 saturated heterocycles. The zero-order valence-electron chi connectivity index (χ0n) is 13.3. The Bertz CT molecular complexity index is 731. The van der Waals surface area contributed by atoms with Crippen molar-refractivity contribution in [3.63, 3.8) is 0 Å². The number of Topliss-reactive ketones (excluding diaryl/α,β-unsaturated/α-hetero) is 1. The van der Waals surface area contributed by atoms with E-state index in [2.05, 4.69) is 10.3 Å². The molecule has 2 N–H and O–H groups in total. The number of carbonyl (C=O) groups is 2. The van der Waals surface area contributed by atoms with Crippen molar-refractivity contribution >= 4 is 17.4 Å². The second-order valence-corrected chi connectivity index (χ2v) is 5.90. The normalized spacial score (nSPS) is 16.8. The van der Waals surface area contributed by atoms with E-state index in [1.807, 2.05) is 13.8 Å². The summed E-state index contributed by atoms with van der Waals surface area (Å²) in [5.74, 6) is 0.843. The Kier molecular flexibility index (Phi) is 4.19. The molecule has 0 fully saturated rings. The Morgan fingerprint density at radius 2 is 2.04 bits per heavy atom. The minimum absolute atomic E-state index is 0.0387. The first-order chi connectivity index (χ1) is 11.1. The van der Waals surface area contributed by atoms with Crippen LogP contribution in [0.3, 0.4) is 0 Å². The maximum atomic E-state index is 12.5. The van der Waals surface area contributed by atoms with Crippen molar-refractivity contribution in [2.24, 2.45) is 5.92 Å². The van der Waals surface area contributed by atoms with Crippen LogP contribution >= 0.6 is 0 Å². The van der Waals surface area contributed by atoms with Crippen LogP contribution in [-0.4, -0.2) is 23.3 Å². The lowest BCUT2D eigenvalue weighted by atomic mass is 9.86. The smallest absolute Gasteiger partial charge is 0.257 e. The molecule has 0 aliphatic heterocycles. The van der Waals surface area contributed by atoms with Gasteiger partial charge in [-0.25, -0.2) is 0 Å². The molecule has 1 unspecified atom stereocenters. The molecule has 1 atom stereocenters. The fraction of sp³-hybridized carbons (Fsp3) is 0.333. The summed E-state index contributed by atoms with van der Waals surface area (Å²) < 4.78 is 5.37. The summed E-state index contributed by atoms with van der Waals surface area (Å²) in [5, 5.41) is 2.83. The third-order valence-corrected chi connectivity index (χ3v) is 3.99. The molecule has 1 aromatic heterocycles. The predicted molar refractivity (Wildman–Crippen MR) is 88.2 cm³/mol. The van der Waals surface area contributed by atoms with Gasteiger partial charge in [-0.05, 0) is 43.5 Å². The van der Waals surface area contributed by atoms with Crippen molar-refractivity contribution in [1.29, 1.82) is 0 Å². The Morgan fingerprint density at radius 1 is 1.30 bits per heavy atom. The van der Waals surface area contributed by atoms with Crippen molar-refractivity contribution in [3.8, 4) is 5.75 Å². The van der Waals surface area contributed by atoms with E-state index >= 15 is 0 Å². The van der Waals surface area contributed by atoms with Gasteiger partial charge in [-0.3, -0.25) is 9.59 Å². The van der Waals surface area contributed by atoms with Gasteiger partial charge in [-0.1, -0.05) is 6.92 Å². The fourth-order valence-electron chi connectivity index (χ4n) is 2.96. The molecular weight excluding hydrogens is 292 g/mol. The Hall–Kier alpha value is -2.56. The molecule has 0 spiro atoms. The Labute approximate surface area is 135 Å². The van der Waals surface area contributed by atoms with Crippen molar-refractivity contribution < 1.29 is 14.3 Å². The van der Waals surface area contributed by atoms with Gasteiger partial charge >= 0.3 is 0 Å². The number of aromatic nitrogens is 1. The molecule has 23 heavy (non-hydrogen) atoms. The van der Waals surface area contributed by atoms with Gasteiger partial charge in [-0.2, -0.15) is 0 Å². The first kappa shape index (κ1) is 15.3. The van der Waals surface area contributed by atoms with Crippen LogP contribution in [0.15, 0.2) is 30.5 Å². The number of rotatable bonds is 4. The van der Waals surface area contributed by atoms with Crippen molar-refractivity contribution in [2.45, 2.75) is 26.7 Å². The van der Waals surface area contributed by atoms with Gasteiger partial charge in [0.05, 0.1) is 17.7 Å². The highest BCUT2D eigenvalue weighted by Gasteiger charge is 2.29. The highest BCUT2D eigenvalue weighted by atomic mass is 16.5. The van der Waals surface area contributed by atoms with Crippen LogP contribution in [0.5, 0.6) is 5.75 Å². The lowest BCUT2D eigenvalue weighted by molar-refractivity contribution is 0.0940. The van der Waals surface area contributed by atoms with Crippen LogP contribution in [0.1, 0.15) is 46.7 Å². The number of hydrogen-bond acceptors (Lipinski definition) is 3. The number of ketones is 1. The van der Waals surface area contributed by atoms with Crippen LogP contribution < -0.4 is 10.1 Å². The van der Waals surface area contributed by atoms with Gasteiger partial charge in [0.15, 0.2) is 5.78 Å². The Morgan fingerprint density at radius 3 is 2.74 bits per heavy atom. The number of carbonyl (C=O) groups excluding carboxylic acids is 2. The van der Waals surface area contributed by atoms with Crippen LogP contribution in [0.4, 0.5) is 5.69 Å². The number of aromatic amines is 1. The second-order valence-electron chi connectivity index (χ2n) is 5.90. The largest absolute Gasteiger partial charge is 0.494 e. The van der Waals surface area contributed by atoms with Crippen molar-refractivity contribution in [1.82, 2.24) is 4.98 Å². The van der Waals surface area contributed by atoms with Gasteiger partial charge in [0.25, 0.3) is 5.91 Å². The number of hydrogen-bond donors (Lipinski definition) is 2. The number of H-pyrrole nitrogens is 1. The summed E-state index contributed by atoms with van der Waals surface area (Å²) in [5.41, 5.74) is 2.51. The molecule has 1 aromatic carbocycles. The zero-order valence-corrected chi connectivity index (χ0v) is 13.3. The summed E-state index contributed by atoms with van der Waals surface area (Å²) in [6.07, 6.45) is 2.93. The highest BCUT2D eigenvalue weighted by Crippen LogP contribution is 2.28. The van der Waals surface area contributed by atoms with Gasteiger partial charge < -0.3 is 15.0 Å². The Balaban J connectivity index is 1.78. The first-order valence-electron chi connectivity index (χ1n) is 7.86. The van der Waals surface area contributed by atoms with Crippen molar-refractivity contribution in [2.75, 3.05) is 11.9 Å². The molecular formula is C18H20N2O3. The third kappa shape index (κ3) is 3.13. The van der Waals surface area contributed by atoms with Crippen LogP contribution in [-0.2, 0) is 6.42 Å². The third-order valence-electron chi connectivity index (χ3n) is 3.99. The van der Waals surface area contributed by atoms with E-state index in [1.54, 1.807) is 30.5 Å². The monoisotopic (exact) mass is 312 g/mol. The van der Waals surface area contributed by atoms with Crippen LogP contribution in [0.25, 0.3) is 0 Å². The van der Waals surface area contributed by atoms with E-state index in [4.69, 9.17) is 4.74 Å². The number of nitrogens with one attached hydrogen (secondary N) is 2. The van der Waals surface area contributed by atoms with Gasteiger partial charge in [0.1, 0.15) is 5.75 Å². The topological polar surface area (TPSA) is 71.2 Å². The average molecular weight is 312 g/mol. The fourth-order valence-corrected chi connectivity index (χ4v) is 2.96.